The number of oxazole rings is 1. The van der Waals surface area contributed by atoms with E-state index in [1.165, 1.54) is 0 Å². The van der Waals surface area contributed by atoms with Gasteiger partial charge in [0.15, 0.2) is 5.89 Å². The fraction of sp³-hybridized carbons (Fsp3) is 0.375. The first kappa shape index (κ1) is 21.5. The van der Waals surface area contributed by atoms with Crippen LogP contribution in [0.15, 0.2) is 59.4 Å². The van der Waals surface area contributed by atoms with Crippen LogP contribution in [0.2, 0.25) is 5.02 Å². The van der Waals surface area contributed by atoms with Crippen LogP contribution in [-0.2, 0) is 17.8 Å². The number of hydrogen-bond acceptors (Lipinski definition) is 5. The zero-order valence-corrected chi connectivity index (χ0v) is 18.5. The molecule has 3 heterocycles. The molecule has 0 radical (unpaired) electrons. The molecule has 4 rings (SSSR count). The first-order chi connectivity index (χ1) is 15.1. The number of likely N-dealkylation sites (N-methyl/N-ethyl adjacent to an activating group) is 1. The van der Waals surface area contributed by atoms with Crippen molar-refractivity contribution in [3.63, 3.8) is 0 Å². The molecule has 1 atom stereocenters. The van der Waals surface area contributed by atoms with Crippen LogP contribution < -0.4 is 0 Å². The number of pyridine rings is 1. The number of benzene rings is 1. The molecule has 31 heavy (non-hydrogen) atoms. The number of likely N-dealkylation sites (tertiary alicyclic amines) is 1. The number of rotatable bonds is 7. The molecular weight excluding hydrogens is 412 g/mol. The lowest BCUT2D eigenvalue weighted by atomic mass is 9.98. The maximum Gasteiger partial charge on any atom is 0.236 e. The fourth-order valence-electron chi connectivity index (χ4n) is 3.99. The van der Waals surface area contributed by atoms with Crippen molar-refractivity contribution in [3.05, 3.63) is 82.8 Å². The van der Waals surface area contributed by atoms with Gasteiger partial charge in [-0.25, -0.2) is 4.98 Å². The Labute approximate surface area is 187 Å². The number of halogens is 1. The topological polar surface area (TPSA) is 62.5 Å². The Morgan fingerprint density at radius 1 is 1.23 bits per heavy atom. The largest absolute Gasteiger partial charge is 0.445 e. The minimum atomic E-state index is 0.139. The lowest BCUT2D eigenvalue weighted by molar-refractivity contribution is -0.133. The summed E-state index contributed by atoms with van der Waals surface area (Å²) in [4.78, 5) is 25.5. The molecule has 1 fully saturated rings. The predicted molar refractivity (Wildman–Crippen MR) is 120 cm³/mol. The lowest BCUT2D eigenvalue weighted by Gasteiger charge is -2.32. The minimum Gasteiger partial charge on any atom is -0.445 e. The zero-order chi connectivity index (χ0) is 21.6. The van der Waals surface area contributed by atoms with E-state index in [2.05, 4.69) is 9.97 Å². The van der Waals surface area contributed by atoms with Gasteiger partial charge in [0.05, 0.1) is 18.7 Å². The molecule has 7 heteroatoms. The van der Waals surface area contributed by atoms with E-state index in [4.69, 9.17) is 16.0 Å². The van der Waals surface area contributed by atoms with Gasteiger partial charge in [-0.2, -0.15) is 0 Å². The second kappa shape index (κ2) is 10.1. The zero-order valence-electron chi connectivity index (χ0n) is 17.7. The molecule has 0 aliphatic carbocycles. The molecule has 1 aliphatic heterocycles. The molecular formula is C24H27ClN4O2. The number of aromatic nitrogens is 2. The van der Waals surface area contributed by atoms with Crippen LogP contribution in [0.1, 0.15) is 41.5 Å². The number of piperidine rings is 1. The van der Waals surface area contributed by atoms with Gasteiger partial charge in [-0.3, -0.25) is 14.7 Å². The number of carbonyl (C=O) groups excluding carboxylic acids is 1. The molecule has 0 bridgehead atoms. The van der Waals surface area contributed by atoms with Crippen LogP contribution in [0.3, 0.4) is 0 Å². The van der Waals surface area contributed by atoms with Gasteiger partial charge in [0.2, 0.25) is 5.91 Å². The maximum absolute atomic E-state index is 12.9. The van der Waals surface area contributed by atoms with Gasteiger partial charge < -0.3 is 9.32 Å². The molecule has 1 aromatic carbocycles. The molecule has 1 amide bonds. The number of nitrogens with zero attached hydrogens (tertiary/aromatic N) is 4. The Balaban J connectivity index is 1.32. The highest BCUT2D eigenvalue weighted by atomic mass is 35.5. The Morgan fingerprint density at radius 3 is 2.84 bits per heavy atom. The molecule has 6 nitrogen and oxygen atoms in total. The smallest absolute Gasteiger partial charge is 0.236 e. The van der Waals surface area contributed by atoms with Gasteiger partial charge in [0, 0.05) is 43.5 Å². The van der Waals surface area contributed by atoms with E-state index >= 15 is 0 Å². The van der Waals surface area contributed by atoms with Crippen LogP contribution >= 0.6 is 11.6 Å². The van der Waals surface area contributed by atoms with E-state index in [9.17, 15) is 4.79 Å². The second-order valence-electron chi connectivity index (χ2n) is 8.18. The van der Waals surface area contributed by atoms with E-state index in [0.717, 1.165) is 47.2 Å². The predicted octanol–water partition coefficient (Wildman–Crippen LogP) is 4.15. The quantitative estimate of drug-likeness (QED) is 0.554. The Hall–Kier alpha value is -2.70. The van der Waals surface area contributed by atoms with Crippen LogP contribution in [0.5, 0.6) is 0 Å². The maximum atomic E-state index is 12.9. The molecule has 0 N–H and O–H groups in total. The normalized spacial score (nSPS) is 16.6. The standard InChI is InChI=1S/C24H27ClN4O2/c1-28(15-19-4-2-10-26-13-19)17-23(30)29-11-3-5-20(16-29)24-27-14-22(31-24)12-18-6-8-21(25)9-7-18/h2,4,6-10,13-14,20H,3,5,11-12,15-17H2,1H3. The summed E-state index contributed by atoms with van der Waals surface area (Å²) < 4.78 is 6.05. The third-order valence-electron chi connectivity index (χ3n) is 5.57. The Kier molecular flexibility index (Phi) is 6.99. The van der Waals surface area contributed by atoms with Crippen LogP contribution in [0.4, 0.5) is 0 Å². The molecule has 0 saturated carbocycles. The number of carbonyl (C=O) groups is 1. The van der Waals surface area contributed by atoms with Gasteiger partial charge >= 0.3 is 0 Å². The lowest BCUT2D eigenvalue weighted by Crippen LogP contribution is -2.43. The summed E-state index contributed by atoms with van der Waals surface area (Å²) in [6.45, 7) is 2.52. The van der Waals surface area contributed by atoms with Gasteiger partial charge in [-0.05, 0) is 49.2 Å². The van der Waals surface area contributed by atoms with Crippen LogP contribution in [0.25, 0.3) is 0 Å². The van der Waals surface area contributed by atoms with Gasteiger partial charge in [0.25, 0.3) is 0 Å². The van der Waals surface area contributed by atoms with Gasteiger partial charge in [0.1, 0.15) is 5.76 Å². The SMILES string of the molecule is CN(CC(=O)N1CCCC(c2ncc(Cc3ccc(Cl)cc3)o2)C1)Cc1cccnc1. The highest BCUT2D eigenvalue weighted by Gasteiger charge is 2.28. The molecule has 162 valence electrons. The average Bonchev–Trinajstić information content (AvgIpc) is 3.24. The molecule has 1 saturated heterocycles. The first-order valence-corrected chi connectivity index (χ1v) is 11.0. The second-order valence-corrected chi connectivity index (χ2v) is 8.62. The van der Waals surface area contributed by atoms with E-state index < -0.39 is 0 Å². The molecule has 0 spiro atoms. The van der Waals surface area contributed by atoms with Gasteiger partial charge in [-0.15, -0.1) is 0 Å². The van der Waals surface area contributed by atoms with Crippen LogP contribution in [0, 0.1) is 0 Å². The summed E-state index contributed by atoms with van der Waals surface area (Å²) in [5.74, 6) is 1.84. The van der Waals surface area contributed by atoms with Crippen LogP contribution in [-0.4, -0.2) is 52.4 Å². The molecule has 1 aliphatic rings. The monoisotopic (exact) mass is 438 g/mol. The van der Waals surface area contributed by atoms with E-state index in [1.54, 1.807) is 12.4 Å². The van der Waals surface area contributed by atoms with Crippen molar-refractivity contribution in [3.8, 4) is 0 Å². The third kappa shape index (κ3) is 5.93. The summed E-state index contributed by atoms with van der Waals surface area (Å²) >= 11 is 5.96. The van der Waals surface area contributed by atoms with Crippen molar-refractivity contribution >= 4 is 17.5 Å². The molecule has 1 unspecified atom stereocenters. The summed E-state index contributed by atoms with van der Waals surface area (Å²) in [6.07, 6.45) is 8.01. The summed E-state index contributed by atoms with van der Waals surface area (Å²) in [5.41, 5.74) is 2.23. The first-order valence-electron chi connectivity index (χ1n) is 10.6. The van der Waals surface area contributed by atoms with Crippen molar-refractivity contribution in [2.45, 2.75) is 31.7 Å². The number of hydrogen-bond donors (Lipinski definition) is 0. The Bertz CT molecular complexity index is 990. The summed E-state index contributed by atoms with van der Waals surface area (Å²) in [7, 11) is 1.96. The summed E-state index contributed by atoms with van der Waals surface area (Å²) in [5, 5.41) is 0.722. The van der Waals surface area contributed by atoms with Gasteiger partial charge in [-0.1, -0.05) is 29.8 Å². The van der Waals surface area contributed by atoms with E-state index in [0.29, 0.717) is 26.1 Å². The highest BCUT2D eigenvalue weighted by molar-refractivity contribution is 6.30. The van der Waals surface area contributed by atoms with Crippen molar-refractivity contribution in [2.24, 2.45) is 0 Å². The fourth-order valence-corrected chi connectivity index (χ4v) is 4.12. The van der Waals surface area contributed by atoms with Crippen molar-refractivity contribution in [1.29, 1.82) is 0 Å². The van der Waals surface area contributed by atoms with Crippen molar-refractivity contribution in [2.75, 3.05) is 26.7 Å². The van der Waals surface area contributed by atoms with Crippen molar-refractivity contribution in [1.82, 2.24) is 19.8 Å². The number of amides is 1. The average molecular weight is 439 g/mol. The van der Waals surface area contributed by atoms with Crippen molar-refractivity contribution < 1.29 is 9.21 Å². The highest BCUT2D eigenvalue weighted by Crippen LogP contribution is 2.27. The molecule has 2 aromatic heterocycles. The van der Waals surface area contributed by atoms with E-state index in [-0.39, 0.29) is 11.8 Å². The summed E-state index contributed by atoms with van der Waals surface area (Å²) in [6, 6.07) is 11.7. The minimum absolute atomic E-state index is 0.139. The molecule has 3 aromatic rings. The third-order valence-corrected chi connectivity index (χ3v) is 5.82. The Morgan fingerprint density at radius 2 is 2.06 bits per heavy atom. The van der Waals surface area contributed by atoms with E-state index in [1.807, 2.05) is 59.4 Å².